The molecule has 28 heavy (non-hydrogen) atoms. The van der Waals surface area contributed by atoms with Crippen molar-refractivity contribution in [3.63, 3.8) is 0 Å². The van der Waals surface area contributed by atoms with Gasteiger partial charge >= 0.3 is 0 Å². The molecule has 0 amide bonds. The molecule has 1 aliphatic rings. The zero-order valence-electron chi connectivity index (χ0n) is 17.6. The smallest absolute Gasteiger partial charge is 0.119 e. The maximum Gasteiger partial charge on any atom is 0.119 e. The van der Waals surface area contributed by atoms with Crippen molar-refractivity contribution in [2.24, 2.45) is 5.92 Å². The summed E-state index contributed by atoms with van der Waals surface area (Å²) in [4.78, 5) is 4.92. The molecule has 1 aromatic heterocycles. The number of hydrogen-bond acceptors (Lipinski definition) is 2. The summed E-state index contributed by atoms with van der Waals surface area (Å²) in [5.74, 6) is 1.81. The van der Waals surface area contributed by atoms with E-state index in [1.54, 1.807) is 0 Å². The first-order valence-corrected chi connectivity index (χ1v) is 11.2. The van der Waals surface area contributed by atoms with E-state index in [1.807, 2.05) is 12.1 Å². The van der Waals surface area contributed by atoms with Gasteiger partial charge in [-0.1, -0.05) is 70.2 Å². The Balaban J connectivity index is 1.55. The number of hydrogen-bond donors (Lipinski definition) is 0. The molecule has 0 saturated carbocycles. The second-order valence-corrected chi connectivity index (χ2v) is 8.05. The number of nitrogens with zero attached hydrogens (tertiary/aromatic N) is 1. The average molecular weight is 378 g/mol. The summed E-state index contributed by atoms with van der Waals surface area (Å²) in [6.07, 6.45) is 15.6. The maximum atomic E-state index is 5.73. The summed E-state index contributed by atoms with van der Waals surface area (Å²) in [6, 6.07) is 12.8. The van der Waals surface area contributed by atoms with Gasteiger partial charge in [0.25, 0.3) is 0 Å². The number of benzene rings is 1. The lowest BCUT2D eigenvalue weighted by atomic mass is 9.83. The van der Waals surface area contributed by atoms with Crippen molar-refractivity contribution in [3.8, 4) is 5.75 Å². The highest BCUT2D eigenvalue weighted by Crippen LogP contribution is 2.28. The van der Waals surface area contributed by atoms with Gasteiger partial charge < -0.3 is 4.74 Å². The van der Waals surface area contributed by atoms with Gasteiger partial charge in [0.1, 0.15) is 5.75 Å². The summed E-state index contributed by atoms with van der Waals surface area (Å²) in [5.41, 5.74) is 5.02. The molecule has 0 fully saturated rings. The van der Waals surface area contributed by atoms with Crippen LogP contribution in [0.3, 0.4) is 0 Å². The van der Waals surface area contributed by atoms with Crippen molar-refractivity contribution in [1.29, 1.82) is 0 Å². The molecule has 0 radical (unpaired) electrons. The van der Waals surface area contributed by atoms with Crippen molar-refractivity contribution in [1.82, 2.24) is 4.98 Å². The molecule has 0 bridgehead atoms. The molecule has 1 unspecified atom stereocenters. The molecule has 0 saturated heterocycles. The van der Waals surface area contributed by atoms with Gasteiger partial charge in [-0.15, -0.1) is 0 Å². The lowest BCUT2D eigenvalue weighted by Crippen LogP contribution is -2.15. The van der Waals surface area contributed by atoms with Crippen molar-refractivity contribution < 1.29 is 4.74 Å². The van der Waals surface area contributed by atoms with Crippen LogP contribution in [0.2, 0.25) is 0 Å². The van der Waals surface area contributed by atoms with Crippen LogP contribution in [0.15, 0.2) is 36.4 Å². The standard InChI is InChI=1S/C26H35NO/c1-3-5-7-8-22-12-18-26-23(20-22)13-15-24(27-26)14-9-21-10-16-25(17-11-21)28-19-6-4-2/h9-11,13-17,22H,3-8,12,18-20H2,1-2H3/b14-9+. The molecule has 0 aliphatic heterocycles. The normalized spacial score (nSPS) is 16.3. The first kappa shape index (κ1) is 20.6. The summed E-state index contributed by atoms with van der Waals surface area (Å²) >= 11 is 0. The molecule has 1 heterocycles. The lowest BCUT2D eigenvalue weighted by molar-refractivity contribution is 0.309. The van der Waals surface area contributed by atoms with Crippen molar-refractivity contribution in [3.05, 3.63) is 58.9 Å². The largest absolute Gasteiger partial charge is 0.494 e. The maximum absolute atomic E-state index is 5.73. The fourth-order valence-electron chi connectivity index (χ4n) is 3.92. The van der Waals surface area contributed by atoms with Gasteiger partial charge in [-0.25, -0.2) is 0 Å². The van der Waals surface area contributed by atoms with Crippen LogP contribution in [-0.2, 0) is 12.8 Å². The SMILES string of the molecule is CCCCCC1CCc2nc(/C=C/c3ccc(OCCCC)cc3)ccc2C1. The van der Waals surface area contributed by atoms with Crippen molar-refractivity contribution in [2.75, 3.05) is 6.61 Å². The summed E-state index contributed by atoms with van der Waals surface area (Å²) in [7, 11) is 0. The van der Waals surface area contributed by atoms with Crippen LogP contribution in [0.25, 0.3) is 12.2 Å². The molecule has 1 aromatic carbocycles. The number of pyridine rings is 1. The van der Waals surface area contributed by atoms with E-state index in [0.29, 0.717) is 0 Å². The molecule has 2 aromatic rings. The first-order valence-electron chi connectivity index (χ1n) is 11.2. The van der Waals surface area contributed by atoms with Crippen LogP contribution in [0, 0.1) is 5.92 Å². The Hall–Kier alpha value is -2.09. The quantitative estimate of drug-likeness (QED) is 0.411. The highest BCUT2D eigenvalue weighted by atomic mass is 16.5. The second-order valence-electron chi connectivity index (χ2n) is 8.05. The third-order valence-electron chi connectivity index (χ3n) is 5.70. The van der Waals surface area contributed by atoms with E-state index in [2.05, 4.69) is 50.3 Å². The van der Waals surface area contributed by atoms with Gasteiger partial charge in [-0.3, -0.25) is 4.98 Å². The monoisotopic (exact) mass is 377 g/mol. The fraction of sp³-hybridized carbons (Fsp3) is 0.500. The van der Waals surface area contributed by atoms with Gasteiger partial charge in [-0.05, 0) is 67.0 Å². The Kier molecular flexibility index (Phi) is 8.14. The lowest BCUT2D eigenvalue weighted by Gasteiger charge is -2.24. The average Bonchev–Trinajstić information content (AvgIpc) is 2.73. The topological polar surface area (TPSA) is 22.1 Å². The molecular weight excluding hydrogens is 342 g/mol. The predicted octanol–water partition coefficient (Wildman–Crippen LogP) is 7.12. The van der Waals surface area contributed by atoms with Crippen molar-refractivity contribution in [2.45, 2.75) is 71.6 Å². The van der Waals surface area contributed by atoms with E-state index in [-0.39, 0.29) is 0 Å². The van der Waals surface area contributed by atoms with Gasteiger partial charge in [0.2, 0.25) is 0 Å². The number of rotatable bonds is 10. The molecule has 1 aliphatic carbocycles. The van der Waals surface area contributed by atoms with Gasteiger partial charge in [0, 0.05) is 5.69 Å². The fourth-order valence-corrected chi connectivity index (χ4v) is 3.92. The minimum absolute atomic E-state index is 0.796. The zero-order chi connectivity index (χ0) is 19.6. The molecule has 2 nitrogen and oxygen atoms in total. The van der Waals surface area contributed by atoms with Crippen LogP contribution in [0.5, 0.6) is 5.75 Å². The van der Waals surface area contributed by atoms with Crippen molar-refractivity contribution >= 4 is 12.2 Å². The highest BCUT2D eigenvalue weighted by Gasteiger charge is 2.19. The number of ether oxygens (including phenoxy) is 1. The Bertz CT molecular complexity index is 748. The van der Waals surface area contributed by atoms with E-state index in [0.717, 1.165) is 43.2 Å². The Labute approximate surface area is 171 Å². The number of aryl methyl sites for hydroxylation is 1. The highest BCUT2D eigenvalue weighted by molar-refractivity contribution is 5.68. The molecule has 3 rings (SSSR count). The summed E-state index contributed by atoms with van der Waals surface area (Å²) in [5, 5.41) is 0. The Morgan fingerprint density at radius 2 is 1.79 bits per heavy atom. The number of unbranched alkanes of at least 4 members (excludes halogenated alkanes) is 3. The Morgan fingerprint density at radius 1 is 0.964 bits per heavy atom. The first-order chi connectivity index (χ1) is 13.8. The molecule has 1 atom stereocenters. The van der Waals surface area contributed by atoms with Gasteiger partial charge in [-0.2, -0.15) is 0 Å². The third-order valence-corrected chi connectivity index (χ3v) is 5.70. The number of aromatic nitrogens is 1. The van der Waals surface area contributed by atoms with Crippen LogP contribution < -0.4 is 4.74 Å². The van der Waals surface area contributed by atoms with E-state index in [4.69, 9.17) is 9.72 Å². The molecular formula is C26H35NO. The van der Waals surface area contributed by atoms with Crippen LogP contribution in [0.4, 0.5) is 0 Å². The van der Waals surface area contributed by atoms with Gasteiger partial charge in [0.05, 0.1) is 12.3 Å². The summed E-state index contributed by atoms with van der Waals surface area (Å²) in [6.45, 7) is 5.26. The number of fused-ring (bicyclic) bond motifs is 1. The van der Waals surface area contributed by atoms with E-state index >= 15 is 0 Å². The molecule has 150 valence electrons. The summed E-state index contributed by atoms with van der Waals surface area (Å²) < 4.78 is 5.73. The molecule has 2 heteroatoms. The van der Waals surface area contributed by atoms with Gasteiger partial charge in [0.15, 0.2) is 0 Å². The molecule has 0 N–H and O–H groups in total. The van der Waals surface area contributed by atoms with Crippen LogP contribution in [0.1, 0.15) is 81.3 Å². The third kappa shape index (κ3) is 6.22. The van der Waals surface area contributed by atoms with E-state index < -0.39 is 0 Å². The van der Waals surface area contributed by atoms with E-state index in [1.165, 1.54) is 55.3 Å². The minimum atomic E-state index is 0.796. The zero-order valence-corrected chi connectivity index (χ0v) is 17.6. The second kappa shape index (κ2) is 11.0. The Morgan fingerprint density at radius 3 is 2.57 bits per heavy atom. The predicted molar refractivity (Wildman–Crippen MR) is 120 cm³/mol. The minimum Gasteiger partial charge on any atom is -0.494 e. The van der Waals surface area contributed by atoms with Crippen LogP contribution in [-0.4, -0.2) is 11.6 Å². The van der Waals surface area contributed by atoms with Crippen LogP contribution >= 0.6 is 0 Å². The van der Waals surface area contributed by atoms with E-state index in [9.17, 15) is 0 Å². The molecule has 0 spiro atoms.